The maximum Gasteiger partial charge on any atom is 0.200 e. The lowest BCUT2D eigenvalue weighted by atomic mass is 10.1. The van der Waals surface area contributed by atoms with Gasteiger partial charge in [0.05, 0.1) is 4.47 Å². The number of Topliss-reactive ketones (excluding diaryl/α,β-unsaturated/α-hetero) is 1. The SMILES string of the molecule is CCc1ccc(C(=O)COc2ccc(F)c(Br)c2)cc1. The fourth-order valence-corrected chi connectivity index (χ4v) is 2.08. The number of ether oxygens (including phenoxy) is 1. The van der Waals surface area contributed by atoms with E-state index in [0.29, 0.717) is 15.8 Å². The third-order valence-electron chi connectivity index (χ3n) is 2.95. The second kappa shape index (κ2) is 6.66. The molecule has 0 heterocycles. The van der Waals surface area contributed by atoms with Gasteiger partial charge in [-0.25, -0.2) is 4.39 Å². The van der Waals surface area contributed by atoms with E-state index >= 15 is 0 Å². The van der Waals surface area contributed by atoms with Gasteiger partial charge in [-0.2, -0.15) is 0 Å². The number of aryl methyl sites for hydroxylation is 1. The monoisotopic (exact) mass is 336 g/mol. The van der Waals surface area contributed by atoms with Crippen molar-refractivity contribution in [2.24, 2.45) is 0 Å². The van der Waals surface area contributed by atoms with Gasteiger partial charge >= 0.3 is 0 Å². The van der Waals surface area contributed by atoms with Gasteiger partial charge in [-0.15, -0.1) is 0 Å². The molecule has 0 aliphatic heterocycles. The van der Waals surface area contributed by atoms with Gasteiger partial charge in [-0.3, -0.25) is 4.79 Å². The van der Waals surface area contributed by atoms with Crippen molar-refractivity contribution in [1.29, 1.82) is 0 Å². The van der Waals surface area contributed by atoms with Crippen LogP contribution in [0.25, 0.3) is 0 Å². The summed E-state index contributed by atoms with van der Waals surface area (Å²) in [7, 11) is 0. The maximum absolute atomic E-state index is 13.1. The van der Waals surface area contributed by atoms with E-state index in [9.17, 15) is 9.18 Å². The van der Waals surface area contributed by atoms with E-state index < -0.39 is 0 Å². The first kappa shape index (κ1) is 14.7. The molecule has 2 nitrogen and oxygen atoms in total. The molecular weight excluding hydrogens is 323 g/mol. The largest absolute Gasteiger partial charge is 0.485 e. The molecule has 0 N–H and O–H groups in total. The highest BCUT2D eigenvalue weighted by Crippen LogP contribution is 2.21. The standard InChI is InChI=1S/C16H14BrFO2/c1-2-11-3-5-12(6-4-11)16(19)10-20-13-7-8-15(18)14(17)9-13/h3-9H,2,10H2,1H3. The highest BCUT2D eigenvalue weighted by atomic mass is 79.9. The summed E-state index contributed by atoms with van der Waals surface area (Å²) in [4.78, 5) is 12.0. The molecule has 0 radical (unpaired) electrons. The summed E-state index contributed by atoms with van der Waals surface area (Å²) in [5.74, 6) is -0.0104. The average molecular weight is 337 g/mol. The lowest BCUT2D eigenvalue weighted by molar-refractivity contribution is 0.0921. The molecule has 20 heavy (non-hydrogen) atoms. The molecule has 0 aromatic heterocycles. The number of hydrogen-bond donors (Lipinski definition) is 0. The zero-order valence-corrected chi connectivity index (χ0v) is 12.6. The molecule has 0 amide bonds. The Balaban J connectivity index is 1.98. The van der Waals surface area contributed by atoms with Crippen LogP contribution in [0.5, 0.6) is 5.75 Å². The van der Waals surface area contributed by atoms with E-state index in [4.69, 9.17) is 4.74 Å². The fraction of sp³-hybridized carbons (Fsp3) is 0.188. The Bertz CT molecular complexity index is 608. The van der Waals surface area contributed by atoms with Crippen molar-refractivity contribution in [2.45, 2.75) is 13.3 Å². The minimum Gasteiger partial charge on any atom is -0.485 e. The molecule has 0 aliphatic rings. The van der Waals surface area contributed by atoms with Crippen molar-refractivity contribution in [3.63, 3.8) is 0 Å². The topological polar surface area (TPSA) is 26.3 Å². The van der Waals surface area contributed by atoms with Crippen LogP contribution in [0.15, 0.2) is 46.9 Å². The molecule has 0 saturated heterocycles. The van der Waals surface area contributed by atoms with Crippen LogP contribution in [0.1, 0.15) is 22.8 Å². The molecular formula is C16H14BrFO2. The van der Waals surface area contributed by atoms with Crippen LogP contribution >= 0.6 is 15.9 Å². The van der Waals surface area contributed by atoms with Gasteiger partial charge in [0, 0.05) is 5.56 Å². The van der Waals surface area contributed by atoms with E-state index in [1.807, 2.05) is 12.1 Å². The number of ketones is 1. The van der Waals surface area contributed by atoms with Crippen LogP contribution in [-0.4, -0.2) is 12.4 Å². The van der Waals surface area contributed by atoms with Crippen LogP contribution in [0.3, 0.4) is 0 Å². The van der Waals surface area contributed by atoms with Gasteiger partial charge in [-0.05, 0) is 46.1 Å². The quantitative estimate of drug-likeness (QED) is 0.756. The Hall–Kier alpha value is -1.68. The average Bonchev–Trinajstić information content (AvgIpc) is 2.48. The summed E-state index contributed by atoms with van der Waals surface area (Å²) in [5, 5.41) is 0. The molecule has 0 spiro atoms. The smallest absolute Gasteiger partial charge is 0.200 e. The first-order valence-electron chi connectivity index (χ1n) is 6.30. The minimum atomic E-state index is -0.362. The minimum absolute atomic E-state index is 0.0659. The predicted octanol–water partition coefficient (Wildman–Crippen LogP) is 4.41. The molecule has 0 unspecified atom stereocenters. The molecule has 2 rings (SSSR count). The van der Waals surface area contributed by atoms with Crippen molar-refractivity contribution in [3.8, 4) is 5.75 Å². The zero-order valence-electron chi connectivity index (χ0n) is 11.0. The van der Waals surface area contributed by atoms with Crippen LogP contribution in [0.4, 0.5) is 4.39 Å². The van der Waals surface area contributed by atoms with Gasteiger partial charge in [0.2, 0.25) is 0 Å². The molecule has 0 atom stereocenters. The Labute approximate surface area is 125 Å². The Kier molecular flexibility index (Phi) is 4.90. The summed E-state index contributed by atoms with van der Waals surface area (Å²) in [5.41, 5.74) is 1.80. The number of hydrogen-bond acceptors (Lipinski definition) is 2. The lowest BCUT2D eigenvalue weighted by Gasteiger charge is -2.07. The third kappa shape index (κ3) is 3.67. The maximum atomic E-state index is 13.1. The van der Waals surface area contributed by atoms with Crippen molar-refractivity contribution in [2.75, 3.05) is 6.61 Å². The molecule has 0 aliphatic carbocycles. The normalized spacial score (nSPS) is 10.3. The van der Waals surface area contributed by atoms with Crippen LogP contribution in [0.2, 0.25) is 0 Å². The van der Waals surface area contributed by atoms with E-state index in [1.54, 1.807) is 12.1 Å². The second-order valence-corrected chi connectivity index (χ2v) is 5.19. The third-order valence-corrected chi connectivity index (χ3v) is 3.55. The fourth-order valence-electron chi connectivity index (χ4n) is 1.73. The molecule has 104 valence electrons. The van der Waals surface area contributed by atoms with Crippen LogP contribution < -0.4 is 4.74 Å². The van der Waals surface area contributed by atoms with E-state index in [-0.39, 0.29) is 18.2 Å². The second-order valence-electron chi connectivity index (χ2n) is 4.34. The first-order valence-corrected chi connectivity index (χ1v) is 7.09. The molecule has 0 bridgehead atoms. The van der Waals surface area contributed by atoms with Gasteiger partial charge in [0.15, 0.2) is 12.4 Å². The highest BCUT2D eigenvalue weighted by Gasteiger charge is 2.08. The molecule has 0 saturated carbocycles. The summed E-state index contributed by atoms with van der Waals surface area (Å²) in [6, 6.07) is 11.7. The number of rotatable bonds is 5. The van der Waals surface area contributed by atoms with Crippen LogP contribution in [-0.2, 0) is 6.42 Å². The van der Waals surface area contributed by atoms with Crippen molar-refractivity contribution in [1.82, 2.24) is 0 Å². The number of halogens is 2. The van der Waals surface area contributed by atoms with E-state index in [0.717, 1.165) is 6.42 Å². The molecule has 2 aromatic carbocycles. The number of carbonyl (C=O) groups is 1. The van der Waals surface area contributed by atoms with E-state index in [2.05, 4.69) is 22.9 Å². The van der Waals surface area contributed by atoms with Gasteiger partial charge in [-0.1, -0.05) is 31.2 Å². The Morgan fingerprint density at radius 2 is 1.90 bits per heavy atom. The molecule has 0 fully saturated rings. The number of carbonyl (C=O) groups excluding carboxylic acids is 1. The molecule has 2 aromatic rings. The lowest BCUT2D eigenvalue weighted by Crippen LogP contribution is -2.11. The summed E-state index contributed by atoms with van der Waals surface area (Å²) in [6.07, 6.45) is 0.939. The van der Waals surface area contributed by atoms with Gasteiger partial charge < -0.3 is 4.74 Å². The Morgan fingerprint density at radius 1 is 1.20 bits per heavy atom. The van der Waals surface area contributed by atoms with Gasteiger partial charge in [0.25, 0.3) is 0 Å². The zero-order chi connectivity index (χ0) is 14.5. The highest BCUT2D eigenvalue weighted by molar-refractivity contribution is 9.10. The summed E-state index contributed by atoms with van der Waals surface area (Å²) < 4.78 is 18.7. The van der Waals surface area contributed by atoms with Crippen molar-refractivity contribution in [3.05, 3.63) is 63.9 Å². The molecule has 4 heteroatoms. The predicted molar refractivity (Wildman–Crippen MR) is 79.7 cm³/mol. The number of benzene rings is 2. The first-order chi connectivity index (χ1) is 9.60. The summed E-state index contributed by atoms with van der Waals surface area (Å²) in [6.45, 7) is 2.00. The van der Waals surface area contributed by atoms with Gasteiger partial charge in [0.1, 0.15) is 11.6 Å². The summed E-state index contributed by atoms with van der Waals surface area (Å²) >= 11 is 3.07. The van der Waals surface area contributed by atoms with Crippen molar-refractivity contribution >= 4 is 21.7 Å². The Morgan fingerprint density at radius 3 is 2.50 bits per heavy atom. The van der Waals surface area contributed by atoms with E-state index in [1.165, 1.54) is 23.8 Å². The van der Waals surface area contributed by atoms with Crippen molar-refractivity contribution < 1.29 is 13.9 Å². The van der Waals surface area contributed by atoms with Crippen LogP contribution in [0, 0.1) is 5.82 Å².